The van der Waals surface area contributed by atoms with Crippen LogP contribution in [0.15, 0.2) is 109 Å². The Hall–Kier alpha value is -4.15. The second-order valence-corrected chi connectivity index (χ2v) is 11.9. The summed E-state index contributed by atoms with van der Waals surface area (Å²) >= 11 is 0. The molecule has 3 heterocycles. The number of hydrogen-bond acceptors (Lipinski definition) is 1. The van der Waals surface area contributed by atoms with Crippen LogP contribution in [0.25, 0.3) is 55.1 Å². The minimum atomic E-state index is -0.577. The Kier molecular flexibility index (Phi) is 4.44. The summed E-state index contributed by atoms with van der Waals surface area (Å²) in [4.78, 5) is 5.07. The summed E-state index contributed by atoms with van der Waals surface area (Å²) < 4.78 is 4.83. The van der Waals surface area contributed by atoms with Gasteiger partial charge in [-0.3, -0.25) is 4.98 Å². The molecule has 0 amide bonds. The number of benzene rings is 4. The number of hydrogen-bond donors (Lipinski definition) is 0. The summed E-state index contributed by atoms with van der Waals surface area (Å²) in [6.45, 7) is 4.70. The van der Waals surface area contributed by atoms with Crippen LogP contribution in [0.2, 0.25) is 13.1 Å². The Bertz CT molecular complexity index is 1880. The van der Waals surface area contributed by atoms with Crippen LogP contribution in [0.5, 0.6) is 0 Å². The van der Waals surface area contributed by atoms with E-state index in [4.69, 9.17) is 4.98 Å². The van der Waals surface area contributed by atoms with Crippen molar-refractivity contribution in [1.82, 2.24) is 14.1 Å². The Morgan fingerprint density at radius 2 is 1.20 bits per heavy atom. The van der Waals surface area contributed by atoms with E-state index in [0.717, 1.165) is 16.7 Å². The molecule has 4 heteroatoms. The summed E-state index contributed by atoms with van der Waals surface area (Å²) in [6, 6.07) is 37.0. The number of fused-ring (bicyclic) bond motifs is 7. The SMILES string of the molecule is C[Si+](C)c1cccc(-n2c3ccccc3c3ncc4c5ccccc5n(-c5ccccc5)c4c32)c1. The molecule has 0 atom stereocenters. The minimum absolute atomic E-state index is 0.577. The van der Waals surface area contributed by atoms with Crippen molar-refractivity contribution in [2.45, 2.75) is 13.1 Å². The van der Waals surface area contributed by atoms with E-state index in [1.165, 1.54) is 43.6 Å². The number of rotatable bonds is 3. The maximum absolute atomic E-state index is 5.07. The van der Waals surface area contributed by atoms with E-state index in [-0.39, 0.29) is 0 Å². The molecular weight excluding hydrogens is 442 g/mol. The van der Waals surface area contributed by atoms with Crippen molar-refractivity contribution in [2.24, 2.45) is 0 Å². The van der Waals surface area contributed by atoms with Gasteiger partial charge in [-0.25, -0.2) is 0 Å². The third kappa shape index (κ3) is 2.93. The van der Waals surface area contributed by atoms with Gasteiger partial charge in [0.15, 0.2) is 0 Å². The van der Waals surface area contributed by atoms with Gasteiger partial charge in [-0.05, 0) is 42.5 Å². The standard InChI is InChI=1S/C31H24N3Si/c1-35(2)23-14-10-13-22(19-23)34-28-18-9-7-16-25(28)29-31(34)30-26(20-32-29)24-15-6-8-17-27(24)33(30)21-11-4-3-5-12-21/h3-20H,1-2H3/q+1. The molecule has 0 aliphatic carbocycles. The Morgan fingerprint density at radius 1 is 0.571 bits per heavy atom. The second-order valence-electron chi connectivity index (χ2n) is 9.31. The molecule has 0 fully saturated rings. The van der Waals surface area contributed by atoms with Gasteiger partial charge in [-0.1, -0.05) is 60.7 Å². The third-order valence-electron chi connectivity index (χ3n) is 7.00. The smallest absolute Gasteiger partial charge is 0.307 e. The predicted octanol–water partition coefficient (Wildman–Crippen LogP) is 7.24. The molecule has 35 heavy (non-hydrogen) atoms. The van der Waals surface area contributed by atoms with Gasteiger partial charge in [0.1, 0.15) is 0 Å². The average Bonchev–Trinajstić information content (AvgIpc) is 3.42. The number of para-hydroxylation sites is 3. The lowest BCUT2D eigenvalue weighted by Gasteiger charge is -2.12. The summed E-state index contributed by atoms with van der Waals surface area (Å²) in [6.07, 6.45) is 2.06. The third-order valence-corrected chi connectivity index (χ3v) is 8.47. The largest absolute Gasteiger partial charge is 0.345 e. The van der Waals surface area contributed by atoms with Crippen LogP contribution >= 0.6 is 0 Å². The van der Waals surface area contributed by atoms with Gasteiger partial charge in [0, 0.05) is 33.7 Å². The first kappa shape index (κ1) is 20.2. The van der Waals surface area contributed by atoms with Gasteiger partial charge in [0.25, 0.3) is 0 Å². The maximum Gasteiger partial charge on any atom is 0.345 e. The van der Waals surface area contributed by atoms with Crippen LogP contribution in [-0.2, 0) is 0 Å². The van der Waals surface area contributed by atoms with Crippen LogP contribution in [0.3, 0.4) is 0 Å². The van der Waals surface area contributed by atoms with Crippen molar-refractivity contribution in [3.8, 4) is 11.4 Å². The molecular formula is C31H24N3Si+. The van der Waals surface area contributed by atoms with E-state index in [2.05, 4.69) is 132 Å². The van der Waals surface area contributed by atoms with Crippen LogP contribution in [0.1, 0.15) is 0 Å². The highest BCUT2D eigenvalue weighted by Gasteiger charge is 2.23. The number of nitrogens with zero attached hydrogens (tertiary/aromatic N) is 3. The fourth-order valence-corrected chi connectivity index (χ4v) is 6.27. The summed E-state index contributed by atoms with van der Waals surface area (Å²) in [7, 11) is -0.577. The van der Waals surface area contributed by atoms with Gasteiger partial charge < -0.3 is 9.13 Å². The molecule has 166 valence electrons. The van der Waals surface area contributed by atoms with Crippen LogP contribution < -0.4 is 5.19 Å². The first-order valence-electron chi connectivity index (χ1n) is 12.0. The van der Waals surface area contributed by atoms with Gasteiger partial charge in [-0.15, -0.1) is 0 Å². The quantitative estimate of drug-likeness (QED) is 0.252. The Labute approximate surface area is 205 Å². The molecule has 0 unspecified atom stereocenters. The average molecular weight is 467 g/mol. The highest BCUT2D eigenvalue weighted by atomic mass is 28.3. The molecule has 3 nitrogen and oxygen atoms in total. The van der Waals surface area contributed by atoms with Crippen molar-refractivity contribution < 1.29 is 0 Å². The lowest BCUT2D eigenvalue weighted by atomic mass is 10.2. The highest BCUT2D eigenvalue weighted by molar-refractivity contribution is 6.70. The van der Waals surface area contributed by atoms with Crippen LogP contribution in [0.4, 0.5) is 0 Å². The molecule has 0 N–H and O–H groups in total. The van der Waals surface area contributed by atoms with Gasteiger partial charge in [-0.2, -0.15) is 0 Å². The molecule has 0 aliphatic heterocycles. The fourth-order valence-electron chi connectivity index (χ4n) is 5.40. The fraction of sp³-hybridized carbons (Fsp3) is 0.0645. The Balaban J connectivity index is 1.75. The number of pyridine rings is 1. The lowest BCUT2D eigenvalue weighted by Crippen LogP contribution is -2.22. The second kappa shape index (κ2) is 7.69. The van der Waals surface area contributed by atoms with Gasteiger partial charge in [0.05, 0.1) is 45.9 Å². The molecule has 0 aliphatic rings. The van der Waals surface area contributed by atoms with E-state index in [0.29, 0.717) is 0 Å². The lowest BCUT2D eigenvalue weighted by molar-refractivity contribution is 1.15. The summed E-state index contributed by atoms with van der Waals surface area (Å²) in [5.74, 6) is 0. The van der Waals surface area contributed by atoms with E-state index < -0.39 is 8.80 Å². The van der Waals surface area contributed by atoms with Crippen molar-refractivity contribution in [2.75, 3.05) is 0 Å². The monoisotopic (exact) mass is 466 g/mol. The Morgan fingerprint density at radius 3 is 1.97 bits per heavy atom. The summed E-state index contributed by atoms with van der Waals surface area (Å²) in [5.41, 5.74) is 8.12. The first-order valence-corrected chi connectivity index (χ1v) is 14.5. The van der Waals surface area contributed by atoms with Crippen LogP contribution in [-0.4, -0.2) is 22.9 Å². The maximum atomic E-state index is 5.07. The molecule has 0 radical (unpaired) electrons. The van der Waals surface area contributed by atoms with E-state index >= 15 is 0 Å². The molecule has 4 aromatic carbocycles. The molecule has 0 saturated heterocycles. The van der Waals surface area contributed by atoms with Gasteiger partial charge in [0.2, 0.25) is 0 Å². The van der Waals surface area contributed by atoms with Crippen molar-refractivity contribution in [3.63, 3.8) is 0 Å². The zero-order valence-electron chi connectivity index (χ0n) is 19.7. The normalized spacial score (nSPS) is 11.7. The van der Waals surface area contributed by atoms with Crippen molar-refractivity contribution in [3.05, 3.63) is 109 Å². The van der Waals surface area contributed by atoms with Crippen molar-refractivity contribution >= 4 is 57.7 Å². The highest BCUT2D eigenvalue weighted by Crippen LogP contribution is 2.40. The van der Waals surface area contributed by atoms with E-state index in [1.807, 2.05) is 0 Å². The zero-order valence-corrected chi connectivity index (χ0v) is 20.7. The molecule has 7 aromatic rings. The van der Waals surface area contributed by atoms with Crippen LogP contribution in [0, 0.1) is 0 Å². The van der Waals surface area contributed by atoms with Gasteiger partial charge >= 0.3 is 8.80 Å². The molecule has 0 bridgehead atoms. The molecule has 0 spiro atoms. The number of aromatic nitrogens is 3. The minimum Gasteiger partial charge on any atom is -0.307 e. The zero-order chi connectivity index (χ0) is 23.5. The first-order chi connectivity index (χ1) is 17.2. The molecule has 7 rings (SSSR count). The molecule has 3 aromatic heterocycles. The van der Waals surface area contributed by atoms with E-state index in [1.54, 1.807) is 0 Å². The van der Waals surface area contributed by atoms with Crippen molar-refractivity contribution in [1.29, 1.82) is 0 Å². The topological polar surface area (TPSA) is 22.8 Å². The molecule has 0 saturated carbocycles. The predicted molar refractivity (Wildman–Crippen MR) is 150 cm³/mol. The summed E-state index contributed by atoms with van der Waals surface area (Å²) in [5, 5.41) is 5.01. The van der Waals surface area contributed by atoms with E-state index in [9.17, 15) is 0 Å².